The van der Waals surface area contributed by atoms with Crippen molar-refractivity contribution in [2.24, 2.45) is 5.92 Å². The first kappa shape index (κ1) is 14.8. The Hall–Kier alpha value is -1.81. The third-order valence-electron chi connectivity index (χ3n) is 4.99. The summed E-state index contributed by atoms with van der Waals surface area (Å²) >= 11 is 0. The quantitative estimate of drug-likeness (QED) is 0.914. The molecule has 0 amide bonds. The summed E-state index contributed by atoms with van der Waals surface area (Å²) in [6.07, 6.45) is 8.27. The summed E-state index contributed by atoms with van der Waals surface area (Å²) in [6.45, 7) is 4.01. The zero-order chi connectivity index (χ0) is 15.5. The van der Waals surface area contributed by atoms with Crippen molar-refractivity contribution in [3.8, 4) is 11.3 Å². The Kier molecular flexibility index (Phi) is 4.33. The molecule has 122 valence electrons. The SMILES string of the molecule is c1cc(-c2cn3c(n2)CCCC3)ccc1NCCC1CCOC1. The number of imidazole rings is 1. The molecule has 1 unspecified atom stereocenters. The summed E-state index contributed by atoms with van der Waals surface area (Å²) in [6, 6.07) is 8.68. The Morgan fingerprint density at radius 2 is 2.13 bits per heavy atom. The van der Waals surface area contributed by atoms with Crippen molar-refractivity contribution in [3.63, 3.8) is 0 Å². The maximum Gasteiger partial charge on any atom is 0.109 e. The third-order valence-corrected chi connectivity index (χ3v) is 4.99. The van der Waals surface area contributed by atoms with E-state index in [4.69, 9.17) is 9.72 Å². The number of benzene rings is 1. The molecule has 1 N–H and O–H groups in total. The number of anilines is 1. The average Bonchev–Trinajstić information content (AvgIpc) is 3.24. The van der Waals surface area contributed by atoms with Crippen LogP contribution in [0.25, 0.3) is 11.3 Å². The predicted molar refractivity (Wildman–Crippen MR) is 92.6 cm³/mol. The zero-order valence-electron chi connectivity index (χ0n) is 13.6. The van der Waals surface area contributed by atoms with Crippen LogP contribution in [-0.2, 0) is 17.7 Å². The molecule has 1 aromatic carbocycles. The normalized spacial score (nSPS) is 20.4. The molecule has 2 aliphatic rings. The second-order valence-corrected chi connectivity index (χ2v) is 6.72. The molecule has 1 fully saturated rings. The molecule has 1 aromatic heterocycles. The van der Waals surface area contributed by atoms with Gasteiger partial charge in [0, 0.05) is 50.2 Å². The van der Waals surface area contributed by atoms with Crippen LogP contribution in [0.3, 0.4) is 0 Å². The summed E-state index contributed by atoms with van der Waals surface area (Å²) in [5.74, 6) is 1.98. The van der Waals surface area contributed by atoms with Gasteiger partial charge in [-0.05, 0) is 43.7 Å². The van der Waals surface area contributed by atoms with Crippen LogP contribution in [0.15, 0.2) is 30.5 Å². The molecule has 4 rings (SSSR count). The lowest BCUT2D eigenvalue weighted by Gasteiger charge is -2.11. The van der Waals surface area contributed by atoms with Crippen molar-refractivity contribution in [1.29, 1.82) is 0 Å². The van der Waals surface area contributed by atoms with Crippen LogP contribution in [0.4, 0.5) is 5.69 Å². The first-order valence-corrected chi connectivity index (χ1v) is 8.86. The van der Waals surface area contributed by atoms with E-state index in [-0.39, 0.29) is 0 Å². The van der Waals surface area contributed by atoms with Crippen molar-refractivity contribution in [3.05, 3.63) is 36.3 Å². The highest BCUT2D eigenvalue weighted by Crippen LogP contribution is 2.24. The van der Waals surface area contributed by atoms with E-state index in [1.807, 2.05) is 0 Å². The molecule has 2 aliphatic heterocycles. The monoisotopic (exact) mass is 311 g/mol. The largest absolute Gasteiger partial charge is 0.385 e. The van der Waals surface area contributed by atoms with E-state index in [0.717, 1.165) is 44.3 Å². The summed E-state index contributed by atoms with van der Waals surface area (Å²) in [7, 11) is 0. The number of nitrogens with zero attached hydrogens (tertiary/aromatic N) is 2. The van der Waals surface area contributed by atoms with Crippen molar-refractivity contribution in [2.75, 3.05) is 25.1 Å². The standard InChI is InChI=1S/C19H25N3O/c1-2-11-22-13-18(21-19(22)3-1)16-4-6-17(7-5-16)20-10-8-15-9-12-23-14-15/h4-7,13,15,20H,1-3,8-12,14H2. The number of fused-ring (bicyclic) bond motifs is 1. The highest BCUT2D eigenvalue weighted by atomic mass is 16.5. The summed E-state index contributed by atoms with van der Waals surface area (Å²) in [4.78, 5) is 4.79. The van der Waals surface area contributed by atoms with Crippen LogP contribution in [0.2, 0.25) is 0 Å². The highest BCUT2D eigenvalue weighted by molar-refractivity contribution is 5.62. The molecule has 0 saturated carbocycles. The maximum absolute atomic E-state index is 5.42. The molecular weight excluding hydrogens is 286 g/mol. The minimum atomic E-state index is 0.735. The van der Waals surface area contributed by atoms with Crippen LogP contribution in [0.1, 0.15) is 31.5 Å². The number of rotatable bonds is 5. The number of aryl methyl sites for hydroxylation is 2. The van der Waals surface area contributed by atoms with Crippen LogP contribution < -0.4 is 5.32 Å². The van der Waals surface area contributed by atoms with E-state index < -0.39 is 0 Å². The number of ether oxygens (including phenoxy) is 1. The Labute approximate surface area is 137 Å². The van der Waals surface area contributed by atoms with Gasteiger partial charge in [-0.3, -0.25) is 0 Å². The van der Waals surface area contributed by atoms with Gasteiger partial charge in [-0.15, -0.1) is 0 Å². The summed E-state index contributed by atoms with van der Waals surface area (Å²) in [5.41, 5.74) is 3.51. The van der Waals surface area contributed by atoms with Gasteiger partial charge in [0.2, 0.25) is 0 Å². The molecule has 1 saturated heterocycles. The number of hydrogen-bond donors (Lipinski definition) is 1. The van der Waals surface area contributed by atoms with Gasteiger partial charge in [0.15, 0.2) is 0 Å². The first-order valence-electron chi connectivity index (χ1n) is 8.86. The average molecular weight is 311 g/mol. The third kappa shape index (κ3) is 3.42. The smallest absolute Gasteiger partial charge is 0.109 e. The second-order valence-electron chi connectivity index (χ2n) is 6.72. The summed E-state index contributed by atoms with van der Waals surface area (Å²) < 4.78 is 7.74. The molecular formula is C19H25N3O. The molecule has 0 bridgehead atoms. The molecule has 0 radical (unpaired) electrons. The Morgan fingerprint density at radius 1 is 1.22 bits per heavy atom. The van der Waals surface area contributed by atoms with Crippen LogP contribution in [0, 0.1) is 5.92 Å². The fourth-order valence-electron chi connectivity index (χ4n) is 3.54. The van der Waals surface area contributed by atoms with E-state index >= 15 is 0 Å². The lowest BCUT2D eigenvalue weighted by atomic mass is 10.1. The van der Waals surface area contributed by atoms with Crippen LogP contribution in [-0.4, -0.2) is 29.3 Å². The Morgan fingerprint density at radius 3 is 2.91 bits per heavy atom. The first-order chi connectivity index (χ1) is 11.4. The molecule has 0 aliphatic carbocycles. The fraction of sp³-hybridized carbons (Fsp3) is 0.526. The Balaban J connectivity index is 1.36. The minimum Gasteiger partial charge on any atom is -0.385 e. The molecule has 4 heteroatoms. The number of hydrogen-bond acceptors (Lipinski definition) is 3. The van der Waals surface area contributed by atoms with Gasteiger partial charge in [-0.1, -0.05) is 12.1 Å². The molecule has 23 heavy (non-hydrogen) atoms. The van der Waals surface area contributed by atoms with Crippen molar-refractivity contribution < 1.29 is 4.74 Å². The predicted octanol–water partition coefficient (Wildman–Crippen LogP) is 3.72. The lowest BCUT2D eigenvalue weighted by molar-refractivity contribution is 0.185. The molecule has 4 nitrogen and oxygen atoms in total. The van der Waals surface area contributed by atoms with Crippen molar-refractivity contribution in [1.82, 2.24) is 9.55 Å². The summed E-state index contributed by atoms with van der Waals surface area (Å²) in [5, 5.41) is 3.52. The van der Waals surface area contributed by atoms with E-state index in [2.05, 4.69) is 40.3 Å². The molecule has 1 atom stereocenters. The van der Waals surface area contributed by atoms with Gasteiger partial charge in [0.05, 0.1) is 5.69 Å². The van der Waals surface area contributed by atoms with Gasteiger partial charge < -0.3 is 14.6 Å². The fourth-order valence-corrected chi connectivity index (χ4v) is 3.54. The molecule has 2 aromatic rings. The maximum atomic E-state index is 5.42. The van der Waals surface area contributed by atoms with Crippen LogP contribution in [0.5, 0.6) is 0 Å². The van der Waals surface area contributed by atoms with Crippen LogP contribution >= 0.6 is 0 Å². The van der Waals surface area contributed by atoms with E-state index in [9.17, 15) is 0 Å². The van der Waals surface area contributed by atoms with E-state index in [1.165, 1.54) is 42.8 Å². The number of nitrogens with one attached hydrogen (secondary N) is 1. The topological polar surface area (TPSA) is 39.1 Å². The highest BCUT2D eigenvalue weighted by Gasteiger charge is 2.15. The van der Waals surface area contributed by atoms with Gasteiger partial charge >= 0.3 is 0 Å². The van der Waals surface area contributed by atoms with Gasteiger partial charge in [0.1, 0.15) is 5.82 Å². The van der Waals surface area contributed by atoms with Crippen molar-refractivity contribution in [2.45, 2.75) is 38.6 Å². The van der Waals surface area contributed by atoms with Gasteiger partial charge in [-0.25, -0.2) is 4.98 Å². The molecule has 0 spiro atoms. The van der Waals surface area contributed by atoms with Gasteiger partial charge in [0.25, 0.3) is 0 Å². The molecule has 3 heterocycles. The number of aromatic nitrogens is 2. The zero-order valence-corrected chi connectivity index (χ0v) is 13.6. The lowest BCUT2D eigenvalue weighted by Crippen LogP contribution is -2.08. The minimum absolute atomic E-state index is 0.735. The van der Waals surface area contributed by atoms with Gasteiger partial charge in [-0.2, -0.15) is 0 Å². The van der Waals surface area contributed by atoms with Crippen molar-refractivity contribution >= 4 is 5.69 Å². The van der Waals surface area contributed by atoms with E-state index in [0.29, 0.717) is 0 Å². The second kappa shape index (κ2) is 6.75. The Bertz CT molecular complexity index is 618. The van der Waals surface area contributed by atoms with E-state index in [1.54, 1.807) is 0 Å².